The van der Waals surface area contributed by atoms with E-state index in [9.17, 15) is 38.4 Å². The van der Waals surface area contributed by atoms with Gasteiger partial charge in [-0.05, 0) is 115 Å². The second-order valence-corrected chi connectivity index (χ2v) is 61.4. The summed E-state index contributed by atoms with van der Waals surface area (Å²) in [5, 5.41) is 0. The largest absolute Gasteiger partial charge is 0.493 e. The Morgan fingerprint density at radius 3 is 0.879 bits per heavy atom. The number of carbonyl (C=O) groups excluding carboxylic acids is 8. The van der Waals surface area contributed by atoms with Gasteiger partial charge in [-0.25, -0.2) is 0 Å². The molecule has 132 heavy (non-hydrogen) atoms. The third-order valence-corrected chi connectivity index (χ3v) is 30.8. The maximum absolute atomic E-state index is 14.5. The minimum Gasteiger partial charge on any atom is -0.493 e. The maximum Gasteiger partial charge on any atom is 0.260 e. The molecule has 704 valence electrons. The molecule has 0 radical (unpaired) electrons. The van der Waals surface area contributed by atoms with E-state index in [1.165, 1.54) is 57.8 Å². The highest BCUT2D eigenvalue weighted by atomic mass is 28.3. The van der Waals surface area contributed by atoms with Crippen LogP contribution in [0.1, 0.15) is 105 Å². The highest BCUT2D eigenvalue weighted by Gasteiger charge is 2.49. The van der Waals surface area contributed by atoms with Crippen molar-refractivity contribution >= 4 is 125 Å². The number of hydrogen-bond donors (Lipinski definition) is 2. The van der Waals surface area contributed by atoms with Crippen molar-refractivity contribution in [3.63, 3.8) is 0 Å². The summed E-state index contributed by atoms with van der Waals surface area (Å²) in [6.07, 6.45) is 9.10. The molecular formula is C98H126N10O20Si4. The van der Waals surface area contributed by atoms with Crippen molar-refractivity contribution in [2.24, 2.45) is 0 Å². The topological polar surface area (TPSA) is 325 Å². The Labute approximate surface area is 777 Å². The fourth-order valence-electron chi connectivity index (χ4n) is 16.4. The summed E-state index contributed by atoms with van der Waals surface area (Å²) >= 11 is 0. The van der Waals surface area contributed by atoms with Gasteiger partial charge in [0.25, 0.3) is 47.3 Å². The lowest BCUT2D eigenvalue weighted by Crippen LogP contribution is -2.45. The summed E-state index contributed by atoms with van der Waals surface area (Å²) in [7, 11) is 0.320. The van der Waals surface area contributed by atoms with E-state index in [4.69, 9.17) is 68.3 Å². The first kappa shape index (κ1) is 97.8. The molecule has 8 heterocycles. The molecule has 0 unspecified atom stereocenters. The van der Waals surface area contributed by atoms with Crippen LogP contribution in [-0.2, 0) is 38.1 Å². The molecular weight excluding hydrogens is 1750 g/mol. The first-order valence-corrected chi connectivity index (χ1v) is 59.8. The van der Waals surface area contributed by atoms with Crippen LogP contribution in [0.25, 0.3) is 11.1 Å². The van der Waals surface area contributed by atoms with Crippen molar-refractivity contribution in [2.75, 3.05) is 139 Å². The molecule has 4 atom stereocenters. The number of methoxy groups -OCH3 is 4. The molecule has 6 aromatic carbocycles. The number of rotatable bonds is 38. The summed E-state index contributed by atoms with van der Waals surface area (Å²) in [6, 6.07) is 28.6. The monoisotopic (exact) mass is 1870 g/mol. The summed E-state index contributed by atoms with van der Waals surface area (Å²) in [6.45, 7) is 33.3. The zero-order valence-electron chi connectivity index (χ0n) is 79.3. The summed E-state index contributed by atoms with van der Waals surface area (Å²) in [4.78, 5) is 126. The second kappa shape index (κ2) is 41.6. The summed E-state index contributed by atoms with van der Waals surface area (Å²) < 4.78 is 72.7. The van der Waals surface area contributed by atoms with Gasteiger partial charge < -0.3 is 87.9 Å². The van der Waals surface area contributed by atoms with Crippen molar-refractivity contribution in [3.8, 4) is 57.8 Å². The summed E-state index contributed by atoms with van der Waals surface area (Å²) in [5.74, 6) is 6.20. The minimum absolute atomic E-state index is 0.00550. The van der Waals surface area contributed by atoms with E-state index in [0.717, 1.165) is 52.0 Å². The zero-order chi connectivity index (χ0) is 95.0. The Morgan fingerprint density at radius 2 is 0.606 bits per heavy atom. The molecule has 8 aliphatic heterocycles. The van der Waals surface area contributed by atoms with E-state index in [0.29, 0.717) is 156 Å². The maximum atomic E-state index is 14.5. The van der Waals surface area contributed by atoms with Gasteiger partial charge >= 0.3 is 0 Å². The molecule has 0 bridgehead atoms. The molecule has 30 nitrogen and oxygen atoms in total. The highest BCUT2D eigenvalue weighted by Crippen LogP contribution is 2.48. The zero-order valence-corrected chi connectivity index (χ0v) is 83.3. The first-order valence-electron chi connectivity index (χ1n) is 45.0. The molecule has 8 amide bonds. The summed E-state index contributed by atoms with van der Waals surface area (Å²) in [5.41, 5.74) is 20.9. The number of nitrogens with zero attached hydrogens (tertiary/aromatic N) is 8. The van der Waals surface area contributed by atoms with Gasteiger partial charge in [0.15, 0.2) is 46.0 Å². The third-order valence-electron chi connectivity index (χ3n) is 24.0. The number of fused-ring (bicyclic) bond motifs is 8. The Bertz CT molecular complexity index is 5570. The van der Waals surface area contributed by atoms with Gasteiger partial charge in [0, 0.05) is 157 Å². The van der Waals surface area contributed by atoms with Gasteiger partial charge in [0.2, 0.25) is 0 Å². The average Bonchev–Trinajstić information content (AvgIpc) is 1.61. The van der Waals surface area contributed by atoms with Crippen LogP contribution in [0.4, 0.5) is 34.1 Å². The quantitative estimate of drug-likeness (QED) is 0.0157. The predicted octanol–water partition coefficient (Wildman–Crippen LogP) is 15.7. The van der Waals surface area contributed by atoms with Gasteiger partial charge in [-0.15, -0.1) is 5.92 Å². The molecule has 4 N–H and O–H groups in total. The number of carbonyl (C=O) groups is 8. The molecule has 0 spiro atoms. The van der Waals surface area contributed by atoms with Gasteiger partial charge in [0.1, 0.15) is 51.1 Å². The molecule has 0 saturated heterocycles. The fourth-order valence-corrected chi connectivity index (χ4v) is 19.4. The number of benzene rings is 6. The van der Waals surface area contributed by atoms with Crippen molar-refractivity contribution in [1.29, 1.82) is 0 Å². The van der Waals surface area contributed by atoms with Crippen LogP contribution in [0, 0.1) is 11.8 Å². The van der Waals surface area contributed by atoms with Crippen molar-refractivity contribution in [2.45, 2.75) is 179 Å². The Kier molecular flexibility index (Phi) is 30.8. The SMILES string of the molecule is CC#CC1=CN2C(=O)c3cc(OC)c(OCCCOc4cc5c(cc4OC)C(=O)N4C=C(c6ccc(N)cc6)C[C@H]4C(=O)N5COCC[Si](C)(C)C)cc3N(COCC[Si](C)(C)C)C(=O)[C@@H]2C1.COc1cc2c(cc1OCCCOc1cc3c(cc1OC)C(=O)N1C=C(c4ccc(N)cc4)C[C@H]1C(=O)N3COCC[Si](C)(C)C)N(COCC[Si](C)(C)C)C(=O)[C@@H]1CC(C)=CN1C2=O. The van der Waals surface area contributed by atoms with Crippen LogP contribution >= 0.6 is 0 Å². The van der Waals surface area contributed by atoms with Crippen LogP contribution in [0.2, 0.25) is 103 Å². The van der Waals surface area contributed by atoms with E-state index in [1.807, 2.05) is 31.2 Å². The highest BCUT2D eigenvalue weighted by molar-refractivity contribution is 6.77. The van der Waals surface area contributed by atoms with Gasteiger partial charge in [0.05, 0.1) is 99.9 Å². The van der Waals surface area contributed by atoms with E-state index in [1.54, 1.807) is 114 Å². The lowest BCUT2D eigenvalue weighted by atomic mass is 10.0. The Hall–Kier alpha value is -11.7. The van der Waals surface area contributed by atoms with E-state index < -0.39 is 56.5 Å². The minimum atomic E-state index is -1.44. The van der Waals surface area contributed by atoms with Crippen LogP contribution < -0.4 is 69.0 Å². The second-order valence-electron chi connectivity index (χ2n) is 38.9. The van der Waals surface area contributed by atoms with Crippen molar-refractivity contribution < 1.29 is 95.2 Å². The van der Waals surface area contributed by atoms with Crippen molar-refractivity contribution in [3.05, 3.63) is 166 Å². The predicted molar refractivity (Wildman–Crippen MR) is 520 cm³/mol. The first-order chi connectivity index (χ1) is 62.8. The van der Waals surface area contributed by atoms with Crippen LogP contribution in [0.15, 0.2) is 133 Å². The molecule has 0 saturated carbocycles. The fraction of sp³-hybridized carbons (Fsp3) is 0.449. The van der Waals surface area contributed by atoms with E-state index in [2.05, 4.69) is 90.4 Å². The number of ether oxygens (including phenoxy) is 12. The van der Waals surface area contributed by atoms with Gasteiger partial charge in [-0.3, -0.25) is 58.0 Å². The lowest BCUT2D eigenvalue weighted by Gasteiger charge is -2.27. The normalized spacial score (nSPS) is 18.2. The van der Waals surface area contributed by atoms with Gasteiger partial charge in [-0.2, -0.15) is 0 Å². The van der Waals surface area contributed by atoms with Crippen molar-refractivity contribution in [1.82, 2.24) is 19.6 Å². The molecule has 6 aromatic rings. The standard InChI is InChI=1S/C50H63N5O10Si2.C48H63N5O10Si2/c1-10-12-33-23-41-49(58)54(31-62-19-21-66(4,5)6)39-27-45(43(60-2)25-37(39)47(56)52(41)29-33)64-17-11-18-65-46-28-40-38(26-44(46)61-3)48(57)53-30-35(34-13-15-36(51)16-14-34)24-42(53)50(59)55(40)32-63-20-22-67(7,8)9;1-31-21-39-47(56)52(29-60-17-19-64(4,5)6)37-25-43(41(58-2)23-35(37)45(54)50(39)27-31)62-15-10-16-63-44-26-38-36(24-42(44)59-3)46(55)51-28-33(32-11-13-34(49)14-12-32)22-40(51)48(57)53(38)30-61-18-20-65(7,8)9/h13-16,25-30,41-42H,11,17-24,31-32,51H2,1-9H3;11-14,23-28,39-40H,10,15-22,29-30,49H2,1-9H3/t41-,42-;39-,40-/m00/s1. The molecule has 0 aliphatic carbocycles. The Balaban J connectivity index is 0.000000225. The molecule has 34 heteroatoms. The molecule has 0 fully saturated rings. The van der Waals surface area contributed by atoms with Gasteiger partial charge in [-0.1, -0.05) is 114 Å². The Morgan fingerprint density at radius 1 is 0.341 bits per heavy atom. The number of amides is 8. The smallest absolute Gasteiger partial charge is 0.260 e. The lowest BCUT2D eigenvalue weighted by molar-refractivity contribution is -0.123. The number of anilines is 6. The average molecular weight is 1880 g/mol. The molecule has 0 aromatic heterocycles. The number of hydrogen-bond acceptors (Lipinski definition) is 22. The van der Waals surface area contributed by atoms with E-state index >= 15 is 0 Å². The number of nitrogen functional groups attached to an aromatic ring is 2. The molecule has 8 aliphatic rings. The van der Waals surface area contributed by atoms with Crippen LogP contribution in [0.3, 0.4) is 0 Å². The van der Waals surface area contributed by atoms with Crippen LogP contribution in [0.5, 0.6) is 46.0 Å². The molecule has 14 rings (SSSR count). The van der Waals surface area contributed by atoms with Crippen LogP contribution in [-0.4, -0.2) is 232 Å². The number of nitrogens with two attached hydrogens (primary N) is 2. The third kappa shape index (κ3) is 22.8. The van der Waals surface area contributed by atoms with E-state index in [-0.39, 0.29) is 117 Å².